The van der Waals surface area contributed by atoms with Gasteiger partial charge in [-0.15, -0.1) is 11.3 Å². The molecule has 1 unspecified atom stereocenters. The molecule has 0 radical (unpaired) electrons. The summed E-state index contributed by atoms with van der Waals surface area (Å²) in [6.45, 7) is 2.57. The van der Waals surface area contributed by atoms with Crippen molar-refractivity contribution in [1.29, 1.82) is 0 Å². The van der Waals surface area contributed by atoms with Crippen molar-refractivity contribution >= 4 is 27.6 Å². The monoisotopic (exact) mass is 422 g/mol. The fraction of sp³-hybridized carbons (Fsp3) is 0.318. The summed E-state index contributed by atoms with van der Waals surface area (Å²) >= 11 is 3.23. The number of hydrogen-bond acceptors (Lipinski definition) is 6. The van der Waals surface area contributed by atoms with Gasteiger partial charge in [-0.2, -0.15) is 9.61 Å². The van der Waals surface area contributed by atoms with Crippen molar-refractivity contribution in [3.8, 4) is 0 Å². The molecule has 3 heterocycles. The Hall–Kier alpha value is -2.35. The predicted octanol–water partition coefficient (Wildman–Crippen LogP) is 4.14. The maximum atomic E-state index is 12.4. The zero-order valence-corrected chi connectivity index (χ0v) is 17.9. The summed E-state index contributed by atoms with van der Waals surface area (Å²) in [6, 6.07) is 12.8. The van der Waals surface area contributed by atoms with Crippen LogP contribution in [-0.4, -0.2) is 14.6 Å². The molecule has 5 nitrogen and oxygen atoms in total. The molecule has 1 aromatic carbocycles. The first-order valence-electron chi connectivity index (χ1n) is 9.98. The summed E-state index contributed by atoms with van der Waals surface area (Å²) in [7, 11) is 0. The summed E-state index contributed by atoms with van der Waals surface area (Å²) < 4.78 is 1.41. The Balaban J connectivity index is 1.44. The van der Waals surface area contributed by atoms with Crippen molar-refractivity contribution in [3.05, 3.63) is 84.4 Å². The number of thiophene rings is 1. The van der Waals surface area contributed by atoms with Crippen LogP contribution in [0.3, 0.4) is 0 Å². The Kier molecular flexibility index (Phi) is 5.03. The van der Waals surface area contributed by atoms with Crippen LogP contribution in [0, 0.1) is 0 Å². The molecule has 1 N–H and O–H groups in total. The van der Waals surface area contributed by atoms with Crippen molar-refractivity contribution < 1.29 is 0 Å². The standard InChI is InChI=1S/C22H22N4OS2/c1-2-19-25-26-20(27)12-17(24-22(26)29-19)13-23-21(18-7-4-10-28-18)16-9-8-14-5-3-6-15(14)11-16/h4,7-12,21,23H,2-3,5-6,13H2,1H3. The molecule has 0 amide bonds. The number of benzene rings is 1. The van der Waals surface area contributed by atoms with E-state index in [-0.39, 0.29) is 11.6 Å². The Labute approximate surface area is 177 Å². The van der Waals surface area contributed by atoms with Gasteiger partial charge in [-0.3, -0.25) is 10.1 Å². The highest BCUT2D eigenvalue weighted by molar-refractivity contribution is 7.16. The molecule has 1 aliphatic carbocycles. The quantitative estimate of drug-likeness (QED) is 0.507. The van der Waals surface area contributed by atoms with Gasteiger partial charge < -0.3 is 0 Å². The largest absolute Gasteiger partial charge is 0.300 e. The number of aryl methyl sites for hydroxylation is 3. The van der Waals surface area contributed by atoms with Gasteiger partial charge in [0.25, 0.3) is 5.56 Å². The third-order valence-electron chi connectivity index (χ3n) is 5.41. The van der Waals surface area contributed by atoms with Gasteiger partial charge in [0.2, 0.25) is 4.96 Å². The van der Waals surface area contributed by atoms with Crippen molar-refractivity contribution in [1.82, 2.24) is 19.9 Å². The Morgan fingerprint density at radius 3 is 2.93 bits per heavy atom. The molecule has 1 atom stereocenters. The molecular weight excluding hydrogens is 400 g/mol. The van der Waals surface area contributed by atoms with Crippen LogP contribution in [0.2, 0.25) is 0 Å². The Bertz CT molecular complexity index is 1210. The first-order chi connectivity index (χ1) is 14.2. The molecular formula is C22H22N4OS2. The lowest BCUT2D eigenvalue weighted by Gasteiger charge is -2.19. The first kappa shape index (κ1) is 18.7. The predicted molar refractivity (Wildman–Crippen MR) is 118 cm³/mol. The highest BCUT2D eigenvalue weighted by Crippen LogP contribution is 2.30. The molecule has 7 heteroatoms. The lowest BCUT2D eigenvalue weighted by molar-refractivity contribution is 0.603. The number of nitrogens with zero attached hydrogens (tertiary/aromatic N) is 3. The van der Waals surface area contributed by atoms with E-state index in [0.29, 0.717) is 11.5 Å². The summed E-state index contributed by atoms with van der Waals surface area (Å²) in [6.07, 6.45) is 4.41. The minimum Gasteiger partial charge on any atom is -0.300 e. The van der Waals surface area contributed by atoms with Gasteiger partial charge in [0, 0.05) is 17.5 Å². The maximum Gasteiger partial charge on any atom is 0.275 e. The third kappa shape index (κ3) is 3.66. The van der Waals surface area contributed by atoms with E-state index in [1.165, 1.54) is 56.7 Å². The number of nitrogens with one attached hydrogen (secondary N) is 1. The summed E-state index contributed by atoms with van der Waals surface area (Å²) in [4.78, 5) is 19.0. The van der Waals surface area contributed by atoms with Crippen molar-refractivity contribution in [3.63, 3.8) is 0 Å². The molecule has 0 spiro atoms. The van der Waals surface area contributed by atoms with E-state index in [1.54, 1.807) is 17.4 Å². The smallest absolute Gasteiger partial charge is 0.275 e. The van der Waals surface area contributed by atoms with Crippen molar-refractivity contribution in [2.75, 3.05) is 0 Å². The zero-order valence-electron chi connectivity index (χ0n) is 16.2. The van der Waals surface area contributed by atoms with Gasteiger partial charge in [-0.05, 0) is 53.8 Å². The molecule has 3 aromatic heterocycles. The molecule has 1 aliphatic rings. The van der Waals surface area contributed by atoms with Gasteiger partial charge in [0.1, 0.15) is 5.01 Å². The van der Waals surface area contributed by atoms with Crippen LogP contribution >= 0.6 is 22.7 Å². The molecule has 4 aromatic rings. The zero-order chi connectivity index (χ0) is 19.8. The number of aromatic nitrogens is 3. The van der Waals surface area contributed by atoms with Gasteiger partial charge in [0.05, 0.1) is 11.7 Å². The minimum absolute atomic E-state index is 0.0915. The van der Waals surface area contributed by atoms with E-state index < -0.39 is 0 Å². The first-order valence-corrected chi connectivity index (χ1v) is 11.7. The molecule has 148 valence electrons. The average molecular weight is 423 g/mol. The number of hydrogen-bond donors (Lipinski definition) is 1. The second-order valence-electron chi connectivity index (χ2n) is 7.34. The van der Waals surface area contributed by atoms with E-state index in [9.17, 15) is 4.79 Å². The van der Waals surface area contributed by atoms with E-state index in [2.05, 4.69) is 51.1 Å². The molecule has 0 bridgehead atoms. The molecule has 0 aliphatic heterocycles. The number of fused-ring (bicyclic) bond motifs is 2. The molecule has 5 rings (SSSR count). The van der Waals surface area contributed by atoms with Crippen LogP contribution < -0.4 is 10.9 Å². The van der Waals surface area contributed by atoms with Crippen LogP contribution in [-0.2, 0) is 25.8 Å². The van der Waals surface area contributed by atoms with Crippen LogP contribution in [0.25, 0.3) is 4.96 Å². The van der Waals surface area contributed by atoms with E-state index in [1.807, 2.05) is 6.92 Å². The van der Waals surface area contributed by atoms with Crippen molar-refractivity contribution in [2.24, 2.45) is 0 Å². The molecule has 0 fully saturated rings. The fourth-order valence-corrected chi connectivity index (χ4v) is 5.63. The Morgan fingerprint density at radius 1 is 1.21 bits per heavy atom. The van der Waals surface area contributed by atoms with Crippen LogP contribution in [0.5, 0.6) is 0 Å². The van der Waals surface area contributed by atoms with Crippen LogP contribution in [0.1, 0.15) is 51.7 Å². The van der Waals surface area contributed by atoms with Gasteiger partial charge in [0.15, 0.2) is 0 Å². The summed E-state index contributed by atoms with van der Waals surface area (Å²) in [5.74, 6) is 0. The highest BCUT2D eigenvalue weighted by atomic mass is 32.1. The molecule has 29 heavy (non-hydrogen) atoms. The van der Waals surface area contributed by atoms with Crippen LogP contribution in [0.15, 0.2) is 46.6 Å². The highest BCUT2D eigenvalue weighted by Gasteiger charge is 2.19. The maximum absolute atomic E-state index is 12.4. The normalized spacial score (nSPS) is 14.4. The third-order valence-corrected chi connectivity index (χ3v) is 7.40. The summed E-state index contributed by atoms with van der Waals surface area (Å²) in [5, 5.41) is 11.0. The van der Waals surface area contributed by atoms with E-state index in [0.717, 1.165) is 17.1 Å². The van der Waals surface area contributed by atoms with E-state index >= 15 is 0 Å². The second kappa shape index (κ2) is 7.82. The number of rotatable bonds is 6. The van der Waals surface area contributed by atoms with Gasteiger partial charge >= 0.3 is 0 Å². The molecule has 0 saturated heterocycles. The van der Waals surface area contributed by atoms with Gasteiger partial charge in [-0.25, -0.2) is 4.98 Å². The topological polar surface area (TPSA) is 59.3 Å². The lowest BCUT2D eigenvalue weighted by atomic mass is 10.00. The SMILES string of the molecule is CCc1nn2c(=O)cc(CNC(c3ccc4c(c3)CCC4)c3cccs3)nc2s1. The van der Waals surface area contributed by atoms with E-state index in [4.69, 9.17) is 0 Å². The van der Waals surface area contributed by atoms with Gasteiger partial charge in [-0.1, -0.05) is 42.5 Å². The second-order valence-corrected chi connectivity index (χ2v) is 9.36. The van der Waals surface area contributed by atoms with Crippen LogP contribution in [0.4, 0.5) is 0 Å². The average Bonchev–Trinajstić information content (AvgIpc) is 3.48. The minimum atomic E-state index is -0.118. The molecule has 0 saturated carbocycles. The summed E-state index contributed by atoms with van der Waals surface area (Å²) in [5.41, 5.74) is 4.87. The van der Waals surface area contributed by atoms with Crippen molar-refractivity contribution in [2.45, 2.75) is 45.2 Å². The fourth-order valence-electron chi connectivity index (χ4n) is 3.95. The lowest BCUT2D eigenvalue weighted by Crippen LogP contribution is -2.24. The Morgan fingerprint density at radius 2 is 2.10 bits per heavy atom.